The minimum Gasteiger partial charge on any atom is -0.494 e. The molecule has 9 heteroatoms. The average Bonchev–Trinajstić information content (AvgIpc) is 3.45. The zero-order chi connectivity index (χ0) is 34.6. The maximum absolute atomic E-state index is 14.3. The summed E-state index contributed by atoms with van der Waals surface area (Å²) in [4.78, 5) is 33.5. The number of nitrogens with zero attached hydrogens (tertiary/aromatic N) is 2. The minimum absolute atomic E-state index is 0.182. The molecule has 7 rings (SSSR count). The first-order valence-corrected chi connectivity index (χ1v) is 18.0. The molecule has 1 aliphatic rings. The van der Waals surface area contributed by atoms with Crippen molar-refractivity contribution in [1.82, 2.24) is 4.57 Å². The van der Waals surface area contributed by atoms with E-state index in [2.05, 4.69) is 40.2 Å². The summed E-state index contributed by atoms with van der Waals surface area (Å²) in [5, 5.41) is 2.32. The SMILES string of the molecule is CCOC(=O)C1=C(c2ccccc2)N=c2s/c(=C\c3ccc(OCc4cccc5ccccc45)c(Br)c3)c(=O)n2[C@H]1c1ccc(OCC)cc1. The number of esters is 1. The van der Waals surface area contributed by atoms with Crippen molar-refractivity contribution >= 4 is 55.8 Å². The van der Waals surface area contributed by atoms with Gasteiger partial charge in [0.1, 0.15) is 18.1 Å². The van der Waals surface area contributed by atoms with Gasteiger partial charge in [-0.15, -0.1) is 0 Å². The van der Waals surface area contributed by atoms with Gasteiger partial charge in [-0.25, -0.2) is 9.79 Å². The molecule has 50 heavy (non-hydrogen) atoms. The van der Waals surface area contributed by atoms with Gasteiger partial charge in [0.2, 0.25) is 0 Å². The highest BCUT2D eigenvalue weighted by Gasteiger charge is 2.35. The molecular formula is C41H33BrN2O5S. The highest BCUT2D eigenvalue weighted by molar-refractivity contribution is 9.10. The second-order valence-corrected chi connectivity index (χ2v) is 13.4. The smallest absolute Gasteiger partial charge is 0.338 e. The van der Waals surface area contributed by atoms with Gasteiger partial charge in [-0.3, -0.25) is 9.36 Å². The van der Waals surface area contributed by atoms with Crippen molar-refractivity contribution in [1.29, 1.82) is 0 Å². The van der Waals surface area contributed by atoms with Gasteiger partial charge in [0.05, 0.1) is 39.5 Å². The summed E-state index contributed by atoms with van der Waals surface area (Å²) in [7, 11) is 0. The molecule has 0 unspecified atom stereocenters. The van der Waals surface area contributed by atoms with Crippen LogP contribution in [-0.4, -0.2) is 23.8 Å². The second kappa shape index (κ2) is 14.7. The molecule has 0 fully saturated rings. The van der Waals surface area contributed by atoms with E-state index in [0.29, 0.717) is 45.3 Å². The molecule has 0 spiro atoms. The van der Waals surface area contributed by atoms with E-state index in [1.807, 2.05) is 104 Å². The third-order valence-corrected chi connectivity index (χ3v) is 10.00. The molecule has 1 atom stereocenters. The summed E-state index contributed by atoms with van der Waals surface area (Å²) < 4.78 is 20.3. The number of hydrogen-bond acceptors (Lipinski definition) is 7. The van der Waals surface area contributed by atoms with Gasteiger partial charge >= 0.3 is 5.97 Å². The Hall–Kier alpha value is -5.25. The Labute approximate surface area is 301 Å². The summed E-state index contributed by atoms with van der Waals surface area (Å²) in [6, 6.07) is 36.4. The Morgan fingerprint density at radius 3 is 2.40 bits per heavy atom. The van der Waals surface area contributed by atoms with Crippen molar-refractivity contribution in [2.45, 2.75) is 26.5 Å². The lowest BCUT2D eigenvalue weighted by Gasteiger charge is -2.26. The summed E-state index contributed by atoms with van der Waals surface area (Å²) in [6.07, 6.45) is 1.84. The summed E-state index contributed by atoms with van der Waals surface area (Å²) >= 11 is 4.96. The highest BCUT2D eigenvalue weighted by atomic mass is 79.9. The second-order valence-electron chi connectivity index (χ2n) is 11.6. The molecule has 1 aromatic heterocycles. The van der Waals surface area contributed by atoms with Gasteiger partial charge in [0.25, 0.3) is 5.56 Å². The first-order chi connectivity index (χ1) is 24.4. The van der Waals surface area contributed by atoms with Crippen molar-refractivity contribution in [3.05, 3.63) is 167 Å². The Kier molecular flexibility index (Phi) is 9.78. The Bertz CT molecular complexity index is 2410. The van der Waals surface area contributed by atoms with E-state index in [9.17, 15) is 9.59 Å². The molecule has 0 aliphatic carbocycles. The third-order valence-electron chi connectivity index (χ3n) is 8.40. The molecule has 0 N–H and O–H groups in total. The Morgan fingerprint density at radius 2 is 1.64 bits per heavy atom. The fourth-order valence-electron chi connectivity index (χ4n) is 6.12. The number of aromatic nitrogens is 1. The quantitative estimate of drug-likeness (QED) is 0.134. The number of carbonyl (C=O) groups excluding carboxylic acids is 1. The van der Waals surface area contributed by atoms with Crippen molar-refractivity contribution in [3.8, 4) is 11.5 Å². The van der Waals surface area contributed by atoms with E-state index < -0.39 is 12.0 Å². The van der Waals surface area contributed by atoms with E-state index in [0.717, 1.165) is 32.1 Å². The molecule has 0 bridgehead atoms. The van der Waals surface area contributed by atoms with Crippen LogP contribution in [-0.2, 0) is 16.1 Å². The zero-order valence-corrected chi connectivity index (χ0v) is 29.9. The topological polar surface area (TPSA) is 79.1 Å². The van der Waals surface area contributed by atoms with Gasteiger partial charge < -0.3 is 14.2 Å². The Morgan fingerprint density at radius 1 is 0.880 bits per heavy atom. The number of benzene rings is 5. The van der Waals surface area contributed by atoms with Gasteiger partial charge in [-0.2, -0.15) is 0 Å². The van der Waals surface area contributed by atoms with E-state index >= 15 is 0 Å². The standard InChI is InChI=1S/C41H33BrN2O5S/c1-3-47-31-20-18-29(19-21-31)38-36(40(46)48-4-2)37(28-12-6-5-7-13-28)43-41-44(38)39(45)35(50-41)24-26-17-22-34(33(42)23-26)49-25-30-15-10-14-27-11-8-9-16-32(27)30/h5-24,38H,3-4,25H2,1-2H3/b35-24-/t38-/m0/s1. The normalized spacial score (nSPS) is 14.3. The lowest BCUT2D eigenvalue weighted by Crippen LogP contribution is -2.40. The van der Waals surface area contributed by atoms with Crippen molar-refractivity contribution in [2.75, 3.05) is 13.2 Å². The predicted octanol–water partition coefficient (Wildman–Crippen LogP) is 7.83. The lowest BCUT2D eigenvalue weighted by atomic mass is 9.93. The Balaban J connectivity index is 1.29. The van der Waals surface area contributed by atoms with Crippen LogP contribution in [0.1, 0.15) is 42.1 Å². The van der Waals surface area contributed by atoms with Crippen LogP contribution in [0.5, 0.6) is 11.5 Å². The summed E-state index contributed by atoms with van der Waals surface area (Å²) in [5.41, 5.74) is 3.93. The van der Waals surface area contributed by atoms with Crippen LogP contribution >= 0.6 is 27.3 Å². The van der Waals surface area contributed by atoms with Crippen LogP contribution in [0.25, 0.3) is 22.5 Å². The maximum Gasteiger partial charge on any atom is 0.338 e. The summed E-state index contributed by atoms with van der Waals surface area (Å²) in [5.74, 6) is 0.869. The number of rotatable bonds is 10. The predicted molar refractivity (Wildman–Crippen MR) is 201 cm³/mol. The zero-order valence-electron chi connectivity index (χ0n) is 27.5. The van der Waals surface area contributed by atoms with Gasteiger partial charge in [-0.05, 0) is 87.6 Å². The fraction of sp³-hybridized carbons (Fsp3) is 0.146. The highest BCUT2D eigenvalue weighted by Crippen LogP contribution is 2.36. The van der Waals surface area contributed by atoms with Crippen molar-refractivity contribution < 1.29 is 19.0 Å². The molecule has 250 valence electrons. The molecule has 0 saturated heterocycles. The van der Waals surface area contributed by atoms with Crippen molar-refractivity contribution in [2.24, 2.45) is 4.99 Å². The largest absolute Gasteiger partial charge is 0.494 e. The molecule has 0 amide bonds. The van der Waals surface area contributed by atoms with Crippen LogP contribution in [0.3, 0.4) is 0 Å². The first-order valence-electron chi connectivity index (χ1n) is 16.4. The molecule has 0 saturated carbocycles. The van der Waals surface area contributed by atoms with Crippen LogP contribution in [0.15, 0.2) is 135 Å². The maximum atomic E-state index is 14.3. The van der Waals surface area contributed by atoms with Crippen LogP contribution < -0.4 is 24.4 Å². The number of halogens is 1. The molecular weight excluding hydrogens is 712 g/mol. The third kappa shape index (κ3) is 6.66. The van der Waals surface area contributed by atoms with E-state index in [1.165, 1.54) is 16.7 Å². The molecule has 0 radical (unpaired) electrons. The average molecular weight is 746 g/mol. The van der Waals surface area contributed by atoms with Crippen LogP contribution in [0.2, 0.25) is 0 Å². The number of ether oxygens (including phenoxy) is 3. The van der Waals surface area contributed by atoms with E-state index in [-0.39, 0.29) is 12.2 Å². The van der Waals surface area contributed by atoms with Crippen LogP contribution in [0, 0.1) is 0 Å². The molecule has 1 aliphatic heterocycles. The number of thiazole rings is 1. The number of hydrogen-bond donors (Lipinski definition) is 0. The van der Waals surface area contributed by atoms with E-state index in [1.54, 1.807) is 11.5 Å². The van der Waals surface area contributed by atoms with Crippen molar-refractivity contribution in [3.63, 3.8) is 0 Å². The van der Waals surface area contributed by atoms with Gasteiger partial charge in [0, 0.05) is 5.56 Å². The lowest BCUT2D eigenvalue weighted by molar-refractivity contribution is -0.138. The number of fused-ring (bicyclic) bond motifs is 2. The number of carbonyl (C=O) groups is 1. The van der Waals surface area contributed by atoms with Gasteiger partial charge in [0.15, 0.2) is 4.80 Å². The molecule has 2 heterocycles. The molecule has 6 aromatic rings. The summed E-state index contributed by atoms with van der Waals surface area (Å²) in [6.45, 7) is 4.80. The van der Waals surface area contributed by atoms with Gasteiger partial charge in [-0.1, -0.05) is 102 Å². The molecule has 5 aromatic carbocycles. The fourth-order valence-corrected chi connectivity index (χ4v) is 7.63. The van der Waals surface area contributed by atoms with Crippen LogP contribution in [0.4, 0.5) is 0 Å². The molecule has 7 nitrogen and oxygen atoms in total. The van der Waals surface area contributed by atoms with E-state index in [4.69, 9.17) is 19.2 Å². The minimum atomic E-state index is -0.769. The monoisotopic (exact) mass is 744 g/mol. The first kappa shape index (κ1) is 33.3.